The number of rotatable bonds is 4. The van der Waals surface area contributed by atoms with E-state index < -0.39 is 12.1 Å². The summed E-state index contributed by atoms with van der Waals surface area (Å²) < 4.78 is 0. The van der Waals surface area contributed by atoms with Gasteiger partial charge in [-0.2, -0.15) is 0 Å². The van der Waals surface area contributed by atoms with E-state index in [1.807, 2.05) is 12.1 Å². The molecule has 14 heavy (non-hydrogen) atoms. The highest BCUT2D eigenvalue weighted by Crippen LogP contribution is 2.17. The number of hydrogen-bond donors (Lipinski definition) is 2. The van der Waals surface area contributed by atoms with E-state index in [9.17, 15) is 4.79 Å². The zero-order valence-electron chi connectivity index (χ0n) is 7.48. The largest absolute Gasteiger partial charge is 0.479 e. The lowest BCUT2D eigenvalue weighted by molar-refractivity contribution is -0.146. The molecule has 0 fully saturated rings. The lowest BCUT2D eigenvalue weighted by Crippen LogP contribution is -2.19. The third kappa shape index (κ3) is 3.01. The van der Waals surface area contributed by atoms with Gasteiger partial charge in [-0.05, 0) is 24.5 Å². The first-order valence-corrected chi connectivity index (χ1v) is 4.63. The maximum absolute atomic E-state index is 10.3. The van der Waals surface area contributed by atoms with E-state index in [1.54, 1.807) is 12.1 Å². The van der Waals surface area contributed by atoms with Crippen molar-refractivity contribution in [3.63, 3.8) is 0 Å². The van der Waals surface area contributed by atoms with Gasteiger partial charge in [0.25, 0.3) is 0 Å². The Bertz CT molecular complexity index is 325. The second kappa shape index (κ2) is 4.98. The Morgan fingerprint density at radius 1 is 1.43 bits per heavy atom. The molecular formula is C10H11ClO3. The van der Waals surface area contributed by atoms with Crippen molar-refractivity contribution in [2.75, 3.05) is 0 Å². The number of aliphatic hydroxyl groups is 1. The molecule has 0 amide bonds. The molecule has 1 atom stereocenters. The van der Waals surface area contributed by atoms with Crippen LogP contribution in [0.3, 0.4) is 0 Å². The quantitative estimate of drug-likeness (QED) is 0.803. The third-order valence-corrected chi connectivity index (χ3v) is 2.30. The zero-order valence-corrected chi connectivity index (χ0v) is 8.24. The SMILES string of the molecule is O=C(O)[C@H](O)CCc1ccccc1Cl. The van der Waals surface area contributed by atoms with Crippen LogP contribution in [-0.4, -0.2) is 22.3 Å². The molecule has 0 spiro atoms. The number of carbonyl (C=O) groups is 1. The highest BCUT2D eigenvalue weighted by molar-refractivity contribution is 6.31. The molecule has 0 heterocycles. The third-order valence-electron chi connectivity index (χ3n) is 1.93. The summed E-state index contributed by atoms with van der Waals surface area (Å²) in [6.45, 7) is 0. The zero-order chi connectivity index (χ0) is 10.6. The van der Waals surface area contributed by atoms with Crippen molar-refractivity contribution in [3.05, 3.63) is 34.9 Å². The molecule has 0 aliphatic rings. The van der Waals surface area contributed by atoms with Crippen LogP contribution in [0.5, 0.6) is 0 Å². The van der Waals surface area contributed by atoms with E-state index in [2.05, 4.69) is 0 Å². The summed E-state index contributed by atoms with van der Waals surface area (Å²) in [5.41, 5.74) is 0.856. The smallest absolute Gasteiger partial charge is 0.332 e. The van der Waals surface area contributed by atoms with E-state index in [4.69, 9.17) is 21.8 Å². The van der Waals surface area contributed by atoms with Gasteiger partial charge in [0.15, 0.2) is 6.10 Å². The molecule has 1 aromatic carbocycles. The molecule has 0 saturated carbocycles. The first-order valence-electron chi connectivity index (χ1n) is 4.25. The van der Waals surface area contributed by atoms with E-state index in [0.717, 1.165) is 5.56 Å². The van der Waals surface area contributed by atoms with Gasteiger partial charge < -0.3 is 10.2 Å². The first-order chi connectivity index (χ1) is 6.61. The minimum Gasteiger partial charge on any atom is -0.479 e. The van der Waals surface area contributed by atoms with Crippen LogP contribution in [0.2, 0.25) is 5.02 Å². The van der Waals surface area contributed by atoms with Crippen molar-refractivity contribution in [3.8, 4) is 0 Å². The van der Waals surface area contributed by atoms with Crippen molar-refractivity contribution in [2.24, 2.45) is 0 Å². The van der Waals surface area contributed by atoms with Crippen LogP contribution in [0.4, 0.5) is 0 Å². The van der Waals surface area contributed by atoms with Crippen LogP contribution in [0.25, 0.3) is 0 Å². The fourth-order valence-electron chi connectivity index (χ4n) is 1.12. The Hall–Kier alpha value is -1.06. The summed E-state index contributed by atoms with van der Waals surface area (Å²) in [5, 5.41) is 18.1. The van der Waals surface area contributed by atoms with Crippen LogP contribution in [0.1, 0.15) is 12.0 Å². The molecular weight excluding hydrogens is 204 g/mol. The minimum atomic E-state index is -1.31. The molecule has 1 rings (SSSR count). The van der Waals surface area contributed by atoms with Crippen molar-refractivity contribution >= 4 is 17.6 Å². The van der Waals surface area contributed by atoms with Crippen molar-refractivity contribution in [2.45, 2.75) is 18.9 Å². The summed E-state index contributed by atoms with van der Waals surface area (Å²) in [7, 11) is 0. The molecule has 4 heteroatoms. The molecule has 0 unspecified atom stereocenters. The number of carboxylic acids is 1. The Morgan fingerprint density at radius 2 is 2.07 bits per heavy atom. The maximum Gasteiger partial charge on any atom is 0.332 e. The second-order valence-electron chi connectivity index (χ2n) is 2.98. The summed E-state index contributed by atoms with van der Waals surface area (Å²) in [4.78, 5) is 10.3. The number of aryl methyl sites for hydroxylation is 1. The predicted molar refractivity (Wildman–Crippen MR) is 53.4 cm³/mol. The molecule has 1 aromatic rings. The van der Waals surface area contributed by atoms with Crippen molar-refractivity contribution < 1.29 is 15.0 Å². The number of benzene rings is 1. The standard InChI is InChI=1S/C10H11ClO3/c11-8-4-2-1-3-7(8)5-6-9(12)10(13)14/h1-4,9,12H,5-6H2,(H,13,14)/t9-/m1/s1. The van der Waals surface area contributed by atoms with Gasteiger partial charge in [0.1, 0.15) is 0 Å². The first kappa shape index (κ1) is 11.0. The Balaban J connectivity index is 2.54. The molecule has 3 nitrogen and oxygen atoms in total. The molecule has 0 radical (unpaired) electrons. The molecule has 0 aromatic heterocycles. The van der Waals surface area contributed by atoms with Crippen LogP contribution in [0, 0.1) is 0 Å². The lowest BCUT2D eigenvalue weighted by atomic mass is 10.1. The van der Waals surface area contributed by atoms with Gasteiger partial charge in [-0.15, -0.1) is 0 Å². The number of aliphatic hydroxyl groups excluding tert-OH is 1. The van der Waals surface area contributed by atoms with E-state index in [-0.39, 0.29) is 6.42 Å². The topological polar surface area (TPSA) is 57.5 Å². The summed E-state index contributed by atoms with van der Waals surface area (Å²) >= 11 is 5.86. The fourth-order valence-corrected chi connectivity index (χ4v) is 1.35. The summed E-state index contributed by atoms with van der Waals surface area (Å²) in [6.07, 6.45) is -0.669. The monoisotopic (exact) mass is 214 g/mol. The van der Waals surface area contributed by atoms with E-state index >= 15 is 0 Å². The normalized spacial score (nSPS) is 12.4. The van der Waals surface area contributed by atoms with Gasteiger partial charge in [0, 0.05) is 5.02 Å². The summed E-state index contributed by atoms with van der Waals surface area (Å²) in [5.74, 6) is -1.20. The number of aliphatic carboxylic acids is 1. The van der Waals surface area contributed by atoms with E-state index in [1.165, 1.54) is 0 Å². The van der Waals surface area contributed by atoms with Gasteiger partial charge in [-0.3, -0.25) is 0 Å². The van der Waals surface area contributed by atoms with Crippen LogP contribution >= 0.6 is 11.6 Å². The van der Waals surface area contributed by atoms with Gasteiger partial charge in [-0.25, -0.2) is 4.79 Å². The summed E-state index contributed by atoms with van der Waals surface area (Å²) in [6, 6.07) is 7.19. The van der Waals surface area contributed by atoms with Gasteiger partial charge in [-0.1, -0.05) is 29.8 Å². The fraction of sp³-hybridized carbons (Fsp3) is 0.300. The highest BCUT2D eigenvalue weighted by Gasteiger charge is 2.13. The number of carboxylic acid groups (broad SMARTS) is 1. The molecule has 0 aliphatic heterocycles. The van der Waals surface area contributed by atoms with Gasteiger partial charge in [0.2, 0.25) is 0 Å². The Kier molecular flexibility index (Phi) is 3.92. The molecule has 2 N–H and O–H groups in total. The Labute approximate surface area is 86.9 Å². The van der Waals surface area contributed by atoms with Crippen LogP contribution in [0.15, 0.2) is 24.3 Å². The second-order valence-corrected chi connectivity index (χ2v) is 3.39. The van der Waals surface area contributed by atoms with Gasteiger partial charge >= 0.3 is 5.97 Å². The van der Waals surface area contributed by atoms with Crippen LogP contribution < -0.4 is 0 Å². The lowest BCUT2D eigenvalue weighted by Gasteiger charge is -2.06. The predicted octanol–water partition coefficient (Wildman–Crippen LogP) is 1.72. The van der Waals surface area contributed by atoms with Crippen molar-refractivity contribution in [1.29, 1.82) is 0 Å². The molecule has 0 aliphatic carbocycles. The number of halogens is 1. The van der Waals surface area contributed by atoms with Crippen molar-refractivity contribution in [1.82, 2.24) is 0 Å². The maximum atomic E-state index is 10.3. The van der Waals surface area contributed by atoms with Crippen LogP contribution in [-0.2, 0) is 11.2 Å². The van der Waals surface area contributed by atoms with E-state index in [0.29, 0.717) is 11.4 Å². The molecule has 0 saturated heterocycles. The minimum absolute atomic E-state index is 0.180. The van der Waals surface area contributed by atoms with Gasteiger partial charge in [0.05, 0.1) is 0 Å². The highest BCUT2D eigenvalue weighted by atomic mass is 35.5. The molecule has 0 bridgehead atoms. The Morgan fingerprint density at radius 3 is 2.64 bits per heavy atom. The molecule has 76 valence electrons. The number of hydrogen-bond acceptors (Lipinski definition) is 2. The average molecular weight is 215 g/mol. The average Bonchev–Trinajstić information content (AvgIpc) is 2.16.